The van der Waals surface area contributed by atoms with Gasteiger partial charge in [-0.05, 0) is 26.7 Å². The van der Waals surface area contributed by atoms with Gasteiger partial charge in [-0.15, -0.1) is 0 Å². The topological polar surface area (TPSA) is 104 Å². The van der Waals surface area contributed by atoms with Crippen LogP contribution >= 0.6 is 0 Å². The zero-order valence-corrected chi connectivity index (χ0v) is 11.2. The molecule has 0 unspecified atom stereocenters. The van der Waals surface area contributed by atoms with Gasteiger partial charge in [0, 0.05) is 12.1 Å². The highest BCUT2D eigenvalue weighted by atomic mass is 16.3. The molecule has 0 aromatic carbocycles. The van der Waals surface area contributed by atoms with Crippen LogP contribution in [0.2, 0.25) is 0 Å². The molecule has 6 nitrogen and oxygen atoms in total. The molecule has 1 heterocycles. The zero-order valence-electron chi connectivity index (χ0n) is 11.2. The molecule has 0 aliphatic rings. The van der Waals surface area contributed by atoms with Crippen LogP contribution in [-0.4, -0.2) is 33.4 Å². The lowest BCUT2D eigenvalue weighted by atomic mass is 10.0. The van der Waals surface area contributed by atoms with Gasteiger partial charge in [-0.1, -0.05) is 13.3 Å². The number of aliphatic hydroxyl groups is 1. The Balaban J connectivity index is 2.79. The first-order valence-electron chi connectivity index (χ1n) is 6.17. The average Bonchev–Trinajstić information content (AvgIpc) is 2.60. The first-order valence-corrected chi connectivity index (χ1v) is 6.17. The summed E-state index contributed by atoms with van der Waals surface area (Å²) in [5, 5.41) is 18.5. The number of carbonyl (C=O) groups excluding carboxylic acids is 1. The molecular formula is C12H22N4O2. The molecule has 0 aliphatic heterocycles. The Labute approximate surface area is 107 Å². The lowest BCUT2D eigenvalue weighted by molar-refractivity contribution is 0.0895. The third-order valence-corrected chi connectivity index (χ3v) is 2.79. The molecule has 1 amide bonds. The van der Waals surface area contributed by atoms with Crippen molar-refractivity contribution in [3.8, 4) is 0 Å². The van der Waals surface area contributed by atoms with Crippen molar-refractivity contribution < 1.29 is 9.90 Å². The van der Waals surface area contributed by atoms with E-state index in [9.17, 15) is 4.79 Å². The first-order chi connectivity index (χ1) is 8.41. The van der Waals surface area contributed by atoms with Crippen molar-refractivity contribution in [2.24, 2.45) is 0 Å². The number of anilines is 1. The fourth-order valence-corrected chi connectivity index (χ4v) is 1.71. The van der Waals surface area contributed by atoms with Gasteiger partial charge in [0.2, 0.25) is 0 Å². The highest BCUT2D eigenvalue weighted by molar-refractivity contribution is 5.98. The van der Waals surface area contributed by atoms with Crippen LogP contribution in [0.15, 0.2) is 0 Å². The Hall–Kier alpha value is -1.56. The number of nitrogen functional groups attached to an aromatic ring is 1. The third kappa shape index (κ3) is 3.46. The van der Waals surface area contributed by atoms with Gasteiger partial charge >= 0.3 is 0 Å². The summed E-state index contributed by atoms with van der Waals surface area (Å²) in [6, 6.07) is 0. The number of H-pyrrole nitrogens is 1. The number of aromatic nitrogens is 2. The second-order valence-electron chi connectivity index (χ2n) is 5.03. The van der Waals surface area contributed by atoms with E-state index in [-0.39, 0.29) is 18.2 Å². The predicted octanol–water partition coefficient (Wildman–Crippen LogP) is 0.835. The molecule has 0 atom stereocenters. The summed E-state index contributed by atoms with van der Waals surface area (Å²) in [6.45, 7) is 5.74. The number of hydrogen-bond acceptors (Lipinski definition) is 4. The van der Waals surface area contributed by atoms with E-state index in [1.54, 1.807) is 0 Å². The molecular weight excluding hydrogens is 232 g/mol. The summed E-state index contributed by atoms with van der Waals surface area (Å²) in [7, 11) is 0. The molecule has 102 valence electrons. The normalized spacial score (nSPS) is 11.6. The molecule has 0 bridgehead atoms. The highest BCUT2D eigenvalue weighted by Gasteiger charge is 2.24. The molecule has 0 aliphatic carbocycles. The summed E-state index contributed by atoms with van der Waals surface area (Å²) < 4.78 is 0. The molecule has 6 heteroatoms. The summed E-state index contributed by atoms with van der Waals surface area (Å²) in [5.74, 6) is -0.315. The van der Waals surface area contributed by atoms with E-state index in [2.05, 4.69) is 15.5 Å². The summed E-state index contributed by atoms with van der Waals surface area (Å²) in [6.07, 6.45) is 2.18. The van der Waals surface area contributed by atoms with Crippen molar-refractivity contribution in [3.63, 3.8) is 0 Å². The summed E-state index contributed by atoms with van der Waals surface area (Å²) in [5.41, 5.74) is 6.83. The number of aromatic amines is 1. The van der Waals surface area contributed by atoms with Gasteiger partial charge in [0.15, 0.2) is 5.69 Å². The highest BCUT2D eigenvalue weighted by Crippen LogP contribution is 2.17. The van der Waals surface area contributed by atoms with E-state index in [1.807, 2.05) is 20.8 Å². The summed E-state index contributed by atoms with van der Waals surface area (Å²) >= 11 is 0. The minimum absolute atomic E-state index is 0.0183. The van der Waals surface area contributed by atoms with E-state index < -0.39 is 5.54 Å². The van der Waals surface area contributed by atoms with Crippen molar-refractivity contribution in [2.45, 2.75) is 45.6 Å². The number of carbonyl (C=O) groups is 1. The van der Waals surface area contributed by atoms with Crippen LogP contribution < -0.4 is 11.1 Å². The van der Waals surface area contributed by atoms with E-state index in [1.165, 1.54) is 0 Å². The fourth-order valence-electron chi connectivity index (χ4n) is 1.71. The van der Waals surface area contributed by atoms with Gasteiger partial charge in [0.05, 0.1) is 11.4 Å². The van der Waals surface area contributed by atoms with E-state index in [0.29, 0.717) is 12.1 Å². The number of aryl methyl sites for hydroxylation is 1. The zero-order chi connectivity index (χ0) is 13.8. The number of amides is 1. The Morgan fingerprint density at radius 3 is 2.78 bits per heavy atom. The van der Waals surface area contributed by atoms with Crippen molar-refractivity contribution in [2.75, 3.05) is 12.3 Å². The van der Waals surface area contributed by atoms with Crippen LogP contribution in [0.25, 0.3) is 0 Å². The third-order valence-electron chi connectivity index (χ3n) is 2.79. The maximum Gasteiger partial charge on any atom is 0.274 e. The molecule has 0 saturated carbocycles. The van der Waals surface area contributed by atoms with Gasteiger partial charge in [-0.3, -0.25) is 9.89 Å². The second kappa shape index (κ2) is 5.86. The van der Waals surface area contributed by atoms with E-state index in [4.69, 9.17) is 10.8 Å². The van der Waals surface area contributed by atoms with Crippen LogP contribution in [0, 0.1) is 0 Å². The van der Waals surface area contributed by atoms with Crippen molar-refractivity contribution in [1.82, 2.24) is 15.5 Å². The largest absolute Gasteiger partial charge is 0.396 e. The predicted molar refractivity (Wildman–Crippen MR) is 70.2 cm³/mol. The second-order valence-corrected chi connectivity index (χ2v) is 5.03. The van der Waals surface area contributed by atoms with Gasteiger partial charge in [0.1, 0.15) is 0 Å². The standard InChI is InChI=1S/C12H22N4O2/c1-4-5-8-9(13)10(16-15-8)11(18)14-12(2,3)6-7-17/h17H,4-7,13H2,1-3H3,(H,14,18)(H,15,16). The Kier molecular flexibility index (Phi) is 4.72. The van der Waals surface area contributed by atoms with Crippen LogP contribution in [0.1, 0.15) is 49.8 Å². The monoisotopic (exact) mass is 254 g/mol. The number of nitrogens with one attached hydrogen (secondary N) is 2. The number of nitrogens with zero attached hydrogens (tertiary/aromatic N) is 1. The molecule has 18 heavy (non-hydrogen) atoms. The molecule has 0 spiro atoms. The Morgan fingerprint density at radius 2 is 2.22 bits per heavy atom. The number of hydrogen-bond donors (Lipinski definition) is 4. The van der Waals surface area contributed by atoms with Crippen LogP contribution in [0.4, 0.5) is 5.69 Å². The first kappa shape index (κ1) is 14.5. The van der Waals surface area contributed by atoms with Crippen LogP contribution in [-0.2, 0) is 6.42 Å². The molecule has 0 saturated heterocycles. The van der Waals surface area contributed by atoms with Gasteiger partial charge < -0.3 is 16.2 Å². The van der Waals surface area contributed by atoms with Crippen LogP contribution in [0.3, 0.4) is 0 Å². The maximum absolute atomic E-state index is 12.0. The maximum atomic E-state index is 12.0. The SMILES string of the molecule is CCCc1[nH]nc(C(=O)NC(C)(C)CCO)c1N. The number of aliphatic hydroxyl groups excluding tert-OH is 1. The number of rotatable bonds is 6. The quantitative estimate of drug-likeness (QED) is 0.603. The van der Waals surface area contributed by atoms with Gasteiger partial charge in [0.25, 0.3) is 5.91 Å². The molecule has 1 rings (SSSR count). The fraction of sp³-hybridized carbons (Fsp3) is 0.667. The Bertz CT molecular complexity index is 412. The van der Waals surface area contributed by atoms with E-state index in [0.717, 1.165) is 18.5 Å². The van der Waals surface area contributed by atoms with Crippen molar-refractivity contribution in [3.05, 3.63) is 11.4 Å². The molecule has 0 radical (unpaired) electrons. The average molecular weight is 254 g/mol. The summed E-state index contributed by atoms with van der Waals surface area (Å²) in [4.78, 5) is 12.0. The minimum atomic E-state index is -0.484. The van der Waals surface area contributed by atoms with Crippen molar-refractivity contribution in [1.29, 1.82) is 0 Å². The van der Waals surface area contributed by atoms with Gasteiger partial charge in [-0.25, -0.2) is 0 Å². The van der Waals surface area contributed by atoms with Gasteiger partial charge in [-0.2, -0.15) is 5.10 Å². The van der Waals surface area contributed by atoms with Crippen molar-refractivity contribution >= 4 is 11.6 Å². The smallest absolute Gasteiger partial charge is 0.274 e. The molecule has 0 fully saturated rings. The minimum Gasteiger partial charge on any atom is -0.396 e. The Morgan fingerprint density at radius 1 is 1.56 bits per heavy atom. The molecule has 1 aromatic heterocycles. The van der Waals surface area contributed by atoms with Crippen LogP contribution in [0.5, 0.6) is 0 Å². The molecule has 5 N–H and O–H groups in total. The lowest BCUT2D eigenvalue weighted by Crippen LogP contribution is -2.44. The number of nitrogens with two attached hydrogens (primary N) is 1. The van der Waals surface area contributed by atoms with E-state index >= 15 is 0 Å². The lowest BCUT2D eigenvalue weighted by Gasteiger charge is -2.24. The molecule has 1 aromatic rings.